The van der Waals surface area contributed by atoms with Gasteiger partial charge in [-0.25, -0.2) is 15.0 Å². The molecular formula is C14H12N6. The first-order valence-electron chi connectivity index (χ1n) is 6.35. The van der Waals surface area contributed by atoms with Crippen LogP contribution in [-0.4, -0.2) is 29.9 Å². The average Bonchev–Trinajstić information content (AvgIpc) is 2.97. The normalized spacial score (nSPS) is 11.5. The van der Waals surface area contributed by atoms with Gasteiger partial charge in [0, 0.05) is 6.20 Å². The Labute approximate surface area is 114 Å². The summed E-state index contributed by atoms with van der Waals surface area (Å²) in [5, 5.41) is 0. The van der Waals surface area contributed by atoms with Gasteiger partial charge < -0.3 is 9.97 Å². The standard InChI is InChI=1S/C14H12N6/c1-7-3-4-9(15-6-7)12-18-11-5-10-13(17-8(2)16-10)20-14(11)19-12/h3-6H,1-2H3,(H2,16,17,18,19,20). The Morgan fingerprint density at radius 1 is 0.900 bits per heavy atom. The zero-order valence-corrected chi connectivity index (χ0v) is 11.1. The van der Waals surface area contributed by atoms with Gasteiger partial charge in [-0.2, -0.15) is 0 Å². The van der Waals surface area contributed by atoms with E-state index in [9.17, 15) is 0 Å². The molecule has 2 N–H and O–H groups in total. The summed E-state index contributed by atoms with van der Waals surface area (Å²) in [5.41, 5.74) is 5.05. The van der Waals surface area contributed by atoms with E-state index in [0.29, 0.717) is 11.3 Å². The Morgan fingerprint density at radius 3 is 2.50 bits per heavy atom. The lowest BCUT2D eigenvalue weighted by Gasteiger charge is -1.95. The monoisotopic (exact) mass is 264 g/mol. The van der Waals surface area contributed by atoms with Crippen molar-refractivity contribution >= 4 is 22.3 Å². The minimum absolute atomic E-state index is 0.654. The van der Waals surface area contributed by atoms with Crippen LogP contribution in [0.2, 0.25) is 0 Å². The molecule has 98 valence electrons. The highest BCUT2D eigenvalue weighted by atomic mass is 15.1. The lowest BCUT2D eigenvalue weighted by molar-refractivity contribution is 1.16. The van der Waals surface area contributed by atoms with Crippen molar-refractivity contribution in [2.24, 2.45) is 0 Å². The number of nitrogens with one attached hydrogen (secondary N) is 2. The second-order valence-electron chi connectivity index (χ2n) is 4.86. The van der Waals surface area contributed by atoms with Crippen LogP contribution in [0.3, 0.4) is 0 Å². The van der Waals surface area contributed by atoms with Crippen molar-refractivity contribution in [3.8, 4) is 11.5 Å². The van der Waals surface area contributed by atoms with Crippen LogP contribution in [0.4, 0.5) is 0 Å². The van der Waals surface area contributed by atoms with Crippen molar-refractivity contribution in [3.05, 3.63) is 35.8 Å². The molecule has 0 aliphatic heterocycles. The molecule has 0 bridgehead atoms. The zero-order valence-electron chi connectivity index (χ0n) is 11.1. The first-order valence-corrected chi connectivity index (χ1v) is 6.35. The van der Waals surface area contributed by atoms with Gasteiger partial charge in [0.2, 0.25) is 0 Å². The van der Waals surface area contributed by atoms with E-state index in [1.807, 2.05) is 38.2 Å². The lowest BCUT2D eigenvalue weighted by Crippen LogP contribution is -1.85. The summed E-state index contributed by atoms with van der Waals surface area (Å²) in [5.74, 6) is 1.57. The molecule has 0 amide bonds. The lowest BCUT2D eigenvalue weighted by atomic mass is 10.3. The van der Waals surface area contributed by atoms with Gasteiger partial charge in [0.05, 0.1) is 11.0 Å². The Hall–Kier alpha value is -2.76. The molecule has 0 saturated heterocycles. The maximum Gasteiger partial charge on any atom is 0.180 e. The summed E-state index contributed by atoms with van der Waals surface area (Å²) < 4.78 is 0. The molecule has 0 saturated carbocycles. The summed E-state index contributed by atoms with van der Waals surface area (Å²) in [6.45, 7) is 3.92. The maximum atomic E-state index is 4.49. The average molecular weight is 264 g/mol. The minimum atomic E-state index is 0.654. The van der Waals surface area contributed by atoms with E-state index < -0.39 is 0 Å². The maximum absolute atomic E-state index is 4.49. The SMILES string of the molecule is Cc1ccc(-c2nc3nc4nc(C)[nH]c4cc3[nH]2)nc1. The molecule has 0 aromatic carbocycles. The molecule has 0 radical (unpaired) electrons. The second-order valence-corrected chi connectivity index (χ2v) is 4.86. The number of aryl methyl sites for hydroxylation is 2. The molecular weight excluding hydrogens is 252 g/mol. The number of aromatic nitrogens is 6. The van der Waals surface area contributed by atoms with Crippen molar-refractivity contribution in [1.82, 2.24) is 29.9 Å². The van der Waals surface area contributed by atoms with E-state index in [-0.39, 0.29) is 0 Å². The number of H-pyrrole nitrogens is 2. The second kappa shape index (κ2) is 3.86. The highest BCUT2D eigenvalue weighted by Crippen LogP contribution is 2.20. The van der Waals surface area contributed by atoms with Crippen LogP contribution >= 0.6 is 0 Å². The molecule has 6 heteroatoms. The largest absolute Gasteiger partial charge is 0.341 e. The van der Waals surface area contributed by atoms with Gasteiger partial charge in [0.15, 0.2) is 17.1 Å². The third-order valence-electron chi connectivity index (χ3n) is 3.20. The first kappa shape index (κ1) is 11.1. The van der Waals surface area contributed by atoms with Crippen molar-refractivity contribution < 1.29 is 0 Å². The van der Waals surface area contributed by atoms with Crippen LogP contribution in [-0.2, 0) is 0 Å². The molecule has 20 heavy (non-hydrogen) atoms. The molecule has 0 aliphatic carbocycles. The molecule has 0 unspecified atom stereocenters. The zero-order chi connectivity index (χ0) is 13.7. The molecule has 4 heterocycles. The number of imidazole rings is 2. The van der Waals surface area contributed by atoms with Gasteiger partial charge in [0.1, 0.15) is 11.5 Å². The van der Waals surface area contributed by atoms with Gasteiger partial charge in [-0.05, 0) is 31.5 Å². The van der Waals surface area contributed by atoms with Gasteiger partial charge in [-0.3, -0.25) is 4.98 Å². The van der Waals surface area contributed by atoms with E-state index in [2.05, 4.69) is 29.9 Å². The molecule has 4 aromatic rings. The van der Waals surface area contributed by atoms with Crippen LogP contribution in [0.25, 0.3) is 33.8 Å². The molecule has 0 aliphatic rings. The van der Waals surface area contributed by atoms with Crippen molar-refractivity contribution in [2.45, 2.75) is 13.8 Å². The van der Waals surface area contributed by atoms with Crippen LogP contribution in [0.1, 0.15) is 11.4 Å². The van der Waals surface area contributed by atoms with E-state index >= 15 is 0 Å². The van der Waals surface area contributed by atoms with Crippen molar-refractivity contribution in [1.29, 1.82) is 0 Å². The van der Waals surface area contributed by atoms with Crippen molar-refractivity contribution in [3.63, 3.8) is 0 Å². The van der Waals surface area contributed by atoms with Crippen LogP contribution in [0.5, 0.6) is 0 Å². The predicted octanol–water partition coefficient (Wildman–Crippen LogP) is 2.51. The Balaban J connectivity index is 1.91. The quantitative estimate of drug-likeness (QED) is 0.553. The fraction of sp³-hybridized carbons (Fsp3) is 0.143. The highest BCUT2D eigenvalue weighted by Gasteiger charge is 2.10. The fourth-order valence-electron chi connectivity index (χ4n) is 2.22. The van der Waals surface area contributed by atoms with Gasteiger partial charge in [-0.1, -0.05) is 6.07 Å². The molecule has 0 spiro atoms. The molecule has 6 nitrogen and oxygen atoms in total. The van der Waals surface area contributed by atoms with Gasteiger partial charge in [0.25, 0.3) is 0 Å². The number of aromatic amines is 2. The van der Waals surface area contributed by atoms with Crippen LogP contribution < -0.4 is 0 Å². The van der Waals surface area contributed by atoms with E-state index in [1.165, 1.54) is 0 Å². The topological polar surface area (TPSA) is 83.1 Å². The Bertz CT molecular complexity index is 865. The fourth-order valence-corrected chi connectivity index (χ4v) is 2.22. The van der Waals surface area contributed by atoms with Gasteiger partial charge in [-0.15, -0.1) is 0 Å². The Morgan fingerprint density at radius 2 is 1.70 bits per heavy atom. The number of nitrogens with zero attached hydrogens (tertiary/aromatic N) is 4. The summed E-state index contributed by atoms with van der Waals surface area (Å²) >= 11 is 0. The summed E-state index contributed by atoms with van der Waals surface area (Å²) in [6.07, 6.45) is 1.82. The smallest absolute Gasteiger partial charge is 0.180 e. The van der Waals surface area contributed by atoms with Crippen LogP contribution in [0, 0.1) is 13.8 Å². The number of hydrogen-bond acceptors (Lipinski definition) is 4. The van der Waals surface area contributed by atoms with Crippen molar-refractivity contribution in [2.75, 3.05) is 0 Å². The molecule has 0 fully saturated rings. The number of fused-ring (bicyclic) bond motifs is 2. The first-order chi connectivity index (χ1) is 9.69. The molecule has 4 aromatic heterocycles. The van der Waals surface area contributed by atoms with E-state index in [1.54, 1.807) is 0 Å². The minimum Gasteiger partial charge on any atom is -0.341 e. The Kier molecular flexibility index (Phi) is 2.14. The third-order valence-corrected chi connectivity index (χ3v) is 3.20. The highest BCUT2D eigenvalue weighted by molar-refractivity contribution is 5.86. The molecule has 0 atom stereocenters. The summed E-state index contributed by atoms with van der Waals surface area (Å²) in [7, 11) is 0. The molecule has 4 rings (SSSR count). The predicted molar refractivity (Wildman–Crippen MR) is 76.2 cm³/mol. The third kappa shape index (κ3) is 1.65. The summed E-state index contributed by atoms with van der Waals surface area (Å²) in [6, 6.07) is 5.93. The van der Waals surface area contributed by atoms with Gasteiger partial charge >= 0.3 is 0 Å². The number of rotatable bonds is 1. The van der Waals surface area contributed by atoms with E-state index in [4.69, 9.17) is 0 Å². The number of pyridine rings is 2. The summed E-state index contributed by atoms with van der Waals surface area (Å²) in [4.78, 5) is 24.0. The number of hydrogen-bond donors (Lipinski definition) is 2. The van der Waals surface area contributed by atoms with E-state index in [0.717, 1.165) is 33.9 Å². The van der Waals surface area contributed by atoms with Crippen LogP contribution in [0.15, 0.2) is 24.4 Å².